The van der Waals surface area contributed by atoms with E-state index in [1.807, 2.05) is 16.9 Å². The molecule has 0 aliphatic heterocycles. The van der Waals surface area contributed by atoms with Crippen LogP contribution >= 0.6 is 24.0 Å². The van der Waals surface area contributed by atoms with Crippen molar-refractivity contribution in [3.8, 4) is 5.75 Å². The standard InChI is InChI=1S/C19H27N5O.HI/c1-15-4-7-17(18(12-15)25-14-16-5-6-16)13-22-19(20-2)21-9-11-24-10-3-8-23-24;/h3-4,7-8,10,12,16H,5-6,9,11,13-14H2,1-2H3,(H2,20,21,22);1H. The van der Waals surface area contributed by atoms with Gasteiger partial charge in [-0.05, 0) is 43.4 Å². The van der Waals surface area contributed by atoms with Gasteiger partial charge >= 0.3 is 0 Å². The Hall–Kier alpha value is -1.77. The number of nitrogens with zero attached hydrogens (tertiary/aromatic N) is 3. The zero-order valence-electron chi connectivity index (χ0n) is 15.4. The number of benzene rings is 1. The molecule has 1 saturated carbocycles. The average molecular weight is 469 g/mol. The first-order valence-electron chi connectivity index (χ1n) is 8.89. The fraction of sp³-hybridized carbons (Fsp3) is 0.474. The minimum atomic E-state index is 0. The third-order valence-electron chi connectivity index (χ3n) is 4.26. The first-order chi connectivity index (χ1) is 12.2. The molecule has 1 aromatic heterocycles. The molecule has 6 nitrogen and oxygen atoms in total. The van der Waals surface area contributed by atoms with Crippen molar-refractivity contribution in [3.63, 3.8) is 0 Å². The summed E-state index contributed by atoms with van der Waals surface area (Å²) in [6, 6.07) is 8.29. The second-order valence-electron chi connectivity index (χ2n) is 6.49. The van der Waals surface area contributed by atoms with Gasteiger partial charge in [0.15, 0.2) is 5.96 Å². The van der Waals surface area contributed by atoms with Crippen molar-refractivity contribution in [1.29, 1.82) is 0 Å². The molecule has 1 aliphatic rings. The van der Waals surface area contributed by atoms with Crippen LogP contribution in [0.1, 0.15) is 24.0 Å². The molecular weight excluding hydrogens is 441 g/mol. The van der Waals surface area contributed by atoms with E-state index in [4.69, 9.17) is 4.74 Å². The second-order valence-corrected chi connectivity index (χ2v) is 6.49. The molecule has 1 aromatic carbocycles. The smallest absolute Gasteiger partial charge is 0.191 e. The highest BCUT2D eigenvalue weighted by Crippen LogP contribution is 2.30. The van der Waals surface area contributed by atoms with Gasteiger partial charge in [0.1, 0.15) is 5.75 Å². The van der Waals surface area contributed by atoms with Crippen LogP contribution in [0.25, 0.3) is 0 Å². The van der Waals surface area contributed by atoms with E-state index in [-0.39, 0.29) is 24.0 Å². The van der Waals surface area contributed by atoms with Crippen molar-refractivity contribution in [3.05, 3.63) is 47.8 Å². The van der Waals surface area contributed by atoms with E-state index in [1.54, 1.807) is 13.2 Å². The van der Waals surface area contributed by atoms with E-state index in [0.717, 1.165) is 42.9 Å². The summed E-state index contributed by atoms with van der Waals surface area (Å²) in [4.78, 5) is 4.28. The molecule has 2 N–H and O–H groups in total. The zero-order chi connectivity index (χ0) is 17.5. The predicted octanol–water partition coefficient (Wildman–Crippen LogP) is 2.96. The third kappa shape index (κ3) is 6.51. The summed E-state index contributed by atoms with van der Waals surface area (Å²) in [6.45, 7) is 5.17. The molecule has 1 fully saturated rings. The number of hydrogen-bond donors (Lipinski definition) is 2. The number of guanidine groups is 1. The van der Waals surface area contributed by atoms with Gasteiger partial charge in [0.05, 0.1) is 13.2 Å². The van der Waals surface area contributed by atoms with Crippen LogP contribution in [-0.2, 0) is 13.1 Å². The van der Waals surface area contributed by atoms with Gasteiger partial charge in [-0.3, -0.25) is 9.67 Å². The first kappa shape index (κ1) is 20.5. The van der Waals surface area contributed by atoms with Crippen molar-refractivity contribution < 1.29 is 4.74 Å². The minimum Gasteiger partial charge on any atom is -0.493 e. The molecule has 0 amide bonds. The van der Waals surface area contributed by atoms with Gasteiger partial charge in [0.25, 0.3) is 0 Å². The summed E-state index contributed by atoms with van der Waals surface area (Å²) >= 11 is 0. The Balaban J connectivity index is 0.00000243. The lowest BCUT2D eigenvalue weighted by Gasteiger charge is -2.15. The number of halogens is 1. The van der Waals surface area contributed by atoms with Crippen molar-refractivity contribution in [2.45, 2.75) is 32.9 Å². The van der Waals surface area contributed by atoms with E-state index in [9.17, 15) is 0 Å². The molecule has 0 atom stereocenters. The van der Waals surface area contributed by atoms with Crippen molar-refractivity contribution in [2.75, 3.05) is 20.2 Å². The SMILES string of the molecule is CN=C(NCCn1cccn1)NCc1ccc(C)cc1OCC1CC1.I. The highest BCUT2D eigenvalue weighted by Gasteiger charge is 2.22. The predicted molar refractivity (Wildman–Crippen MR) is 115 cm³/mol. The topological polar surface area (TPSA) is 63.5 Å². The summed E-state index contributed by atoms with van der Waals surface area (Å²) in [5.41, 5.74) is 2.37. The molecule has 7 heteroatoms. The van der Waals surface area contributed by atoms with Gasteiger partial charge in [-0.25, -0.2) is 0 Å². The molecule has 0 spiro atoms. The highest BCUT2D eigenvalue weighted by molar-refractivity contribution is 14.0. The molecule has 1 aliphatic carbocycles. The van der Waals surface area contributed by atoms with Crippen LogP contribution < -0.4 is 15.4 Å². The van der Waals surface area contributed by atoms with Gasteiger partial charge in [0, 0.05) is 38.1 Å². The third-order valence-corrected chi connectivity index (χ3v) is 4.26. The van der Waals surface area contributed by atoms with Crippen molar-refractivity contribution in [2.24, 2.45) is 10.9 Å². The lowest BCUT2D eigenvalue weighted by Crippen LogP contribution is -2.38. The van der Waals surface area contributed by atoms with Crippen LogP contribution in [0.4, 0.5) is 0 Å². The van der Waals surface area contributed by atoms with E-state index in [1.165, 1.54) is 18.4 Å². The van der Waals surface area contributed by atoms with Crippen LogP contribution in [0.3, 0.4) is 0 Å². The molecule has 3 rings (SSSR count). The molecule has 0 bridgehead atoms. The molecule has 1 heterocycles. The molecule has 0 saturated heterocycles. The Labute approximate surface area is 172 Å². The maximum atomic E-state index is 6.03. The number of aliphatic imine (C=N–C) groups is 1. The Morgan fingerprint density at radius 2 is 2.19 bits per heavy atom. The maximum absolute atomic E-state index is 6.03. The van der Waals surface area contributed by atoms with Gasteiger partial charge in [-0.1, -0.05) is 12.1 Å². The normalized spacial score (nSPS) is 13.8. The first-order valence-corrected chi connectivity index (χ1v) is 8.89. The molecule has 2 aromatic rings. The van der Waals surface area contributed by atoms with E-state index in [2.05, 4.69) is 45.8 Å². The van der Waals surface area contributed by atoms with E-state index in [0.29, 0.717) is 6.54 Å². The molecule has 0 unspecified atom stereocenters. The maximum Gasteiger partial charge on any atom is 0.191 e. The van der Waals surface area contributed by atoms with Gasteiger partial charge < -0.3 is 15.4 Å². The molecule has 26 heavy (non-hydrogen) atoms. The van der Waals surface area contributed by atoms with Gasteiger partial charge in [-0.2, -0.15) is 5.10 Å². The number of aryl methyl sites for hydroxylation is 1. The van der Waals surface area contributed by atoms with Crippen LogP contribution in [-0.4, -0.2) is 35.9 Å². The lowest BCUT2D eigenvalue weighted by atomic mass is 10.1. The number of rotatable bonds is 8. The summed E-state index contributed by atoms with van der Waals surface area (Å²) < 4.78 is 7.92. The summed E-state index contributed by atoms with van der Waals surface area (Å²) in [6.07, 6.45) is 6.33. The number of nitrogens with one attached hydrogen (secondary N) is 2. The number of hydrogen-bond acceptors (Lipinski definition) is 3. The zero-order valence-corrected chi connectivity index (χ0v) is 17.8. The summed E-state index contributed by atoms with van der Waals surface area (Å²) in [7, 11) is 1.78. The largest absolute Gasteiger partial charge is 0.493 e. The van der Waals surface area contributed by atoms with Crippen LogP contribution in [0.15, 0.2) is 41.7 Å². The van der Waals surface area contributed by atoms with Gasteiger partial charge in [0.2, 0.25) is 0 Å². The monoisotopic (exact) mass is 469 g/mol. The summed E-state index contributed by atoms with van der Waals surface area (Å²) in [5, 5.41) is 10.9. The molecule has 0 radical (unpaired) electrons. The Morgan fingerprint density at radius 3 is 2.88 bits per heavy atom. The minimum absolute atomic E-state index is 0. The van der Waals surface area contributed by atoms with Crippen molar-refractivity contribution >= 4 is 29.9 Å². The van der Waals surface area contributed by atoms with Crippen molar-refractivity contribution in [1.82, 2.24) is 20.4 Å². The van der Waals surface area contributed by atoms with Gasteiger partial charge in [-0.15, -0.1) is 24.0 Å². The molecular formula is C19H28IN5O. The summed E-state index contributed by atoms with van der Waals surface area (Å²) in [5.74, 6) is 2.50. The van der Waals surface area contributed by atoms with E-state index >= 15 is 0 Å². The second kappa shape index (κ2) is 10.4. The quantitative estimate of drug-likeness (QED) is 0.355. The fourth-order valence-corrected chi connectivity index (χ4v) is 2.56. The number of ether oxygens (including phenoxy) is 1. The molecule has 142 valence electrons. The van der Waals surface area contributed by atoms with Crippen LogP contribution in [0, 0.1) is 12.8 Å². The Morgan fingerprint density at radius 1 is 1.35 bits per heavy atom. The Kier molecular flexibility index (Phi) is 8.21. The van der Waals surface area contributed by atoms with Crippen LogP contribution in [0.2, 0.25) is 0 Å². The lowest BCUT2D eigenvalue weighted by molar-refractivity contribution is 0.296. The van der Waals surface area contributed by atoms with E-state index < -0.39 is 0 Å². The Bertz CT molecular complexity index is 698. The fourth-order valence-electron chi connectivity index (χ4n) is 2.56. The van der Waals surface area contributed by atoms with Crippen LogP contribution in [0.5, 0.6) is 5.75 Å². The number of aromatic nitrogens is 2. The average Bonchev–Trinajstić information content (AvgIpc) is 3.31. The highest BCUT2D eigenvalue weighted by atomic mass is 127.